The van der Waals surface area contributed by atoms with Crippen LogP contribution in [0.15, 0.2) is 79.1 Å². The van der Waals surface area contributed by atoms with Crippen LogP contribution in [0.5, 0.6) is 0 Å². The lowest BCUT2D eigenvalue weighted by atomic mass is 9.82. The van der Waals surface area contributed by atoms with Gasteiger partial charge in [0.15, 0.2) is 5.69 Å². The number of benzene rings is 3. The van der Waals surface area contributed by atoms with Crippen molar-refractivity contribution in [2.24, 2.45) is 5.73 Å². The van der Waals surface area contributed by atoms with Gasteiger partial charge >= 0.3 is 6.18 Å². The number of carbonyl (C=O) groups is 1. The molecule has 0 aliphatic carbocycles. The molecule has 1 amide bonds. The summed E-state index contributed by atoms with van der Waals surface area (Å²) in [4.78, 5) is 15.8. The van der Waals surface area contributed by atoms with E-state index in [4.69, 9.17) is 17.3 Å². The molecule has 41 heavy (non-hydrogen) atoms. The molecule has 0 atom stereocenters. The van der Waals surface area contributed by atoms with Gasteiger partial charge in [0.1, 0.15) is 5.82 Å². The highest BCUT2D eigenvalue weighted by Crippen LogP contribution is 2.34. The average Bonchev–Trinajstić information content (AvgIpc) is 3.56. The Hall–Kier alpha value is -4.44. The lowest BCUT2D eigenvalue weighted by Crippen LogP contribution is -2.35. The standard InChI is InChI=1S/C30H26ClF3N6O/c1-18-37-27(30(32,33)34)17-39(18)25-12-9-21(20-5-4-6-22(14-20)29(2,3)28(35)41)15-26(25)40-24(16-36-38-40)13-19-7-10-23(31)11-8-19/h4-12,14-17H,13H2,1-3H3,(H2,35,41). The van der Waals surface area contributed by atoms with Gasteiger partial charge in [-0.15, -0.1) is 5.10 Å². The maximum Gasteiger partial charge on any atom is 0.434 e. The van der Waals surface area contributed by atoms with Crippen LogP contribution in [0, 0.1) is 6.92 Å². The Morgan fingerprint density at radius 1 is 0.976 bits per heavy atom. The van der Waals surface area contributed by atoms with E-state index in [1.54, 1.807) is 49.0 Å². The number of primary amides is 1. The Morgan fingerprint density at radius 2 is 1.68 bits per heavy atom. The minimum absolute atomic E-state index is 0.163. The second kappa shape index (κ2) is 10.5. The number of halogens is 4. The van der Waals surface area contributed by atoms with Crippen LogP contribution in [-0.4, -0.2) is 30.5 Å². The van der Waals surface area contributed by atoms with Gasteiger partial charge in [0.05, 0.1) is 28.7 Å². The van der Waals surface area contributed by atoms with Gasteiger partial charge in [-0.25, -0.2) is 9.67 Å². The van der Waals surface area contributed by atoms with E-state index in [1.165, 1.54) is 11.5 Å². The summed E-state index contributed by atoms with van der Waals surface area (Å²) >= 11 is 6.05. The zero-order valence-electron chi connectivity index (χ0n) is 22.4. The first-order valence-corrected chi connectivity index (χ1v) is 13.0. The van der Waals surface area contributed by atoms with Crippen molar-refractivity contribution in [3.05, 3.63) is 112 Å². The lowest BCUT2D eigenvalue weighted by Gasteiger charge is -2.22. The van der Waals surface area contributed by atoms with E-state index in [9.17, 15) is 18.0 Å². The predicted molar refractivity (Wildman–Crippen MR) is 150 cm³/mol. The molecule has 0 aliphatic heterocycles. The predicted octanol–water partition coefficient (Wildman–Crippen LogP) is 6.45. The molecule has 210 valence electrons. The molecule has 7 nitrogen and oxygen atoms in total. The van der Waals surface area contributed by atoms with Crippen LogP contribution >= 0.6 is 11.6 Å². The summed E-state index contributed by atoms with van der Waals surface area (Å²) in [6.07, 6.45) is -1.56. The molecule has 0 bridgehead atoms. The Kier molecular flexibility index (Phi) is 7.21. The fourth-order valence-corrected chi connectivity index (χ4v) is 4.68. The largest absolute Gasteiger partial charge is 0.434 e. The molecule has 0 radical (unpaired) electrons. The van der Waals surface area contributed by atoms with Crippen molar-refractivity contribution in [2.45, 2.75) is 38.8 Å². The molecule has 0 fully saturated rings. The van der Waals surface area contributed by atoms with Crippen LogP contribution < -0.4 is 5.73 Å². The number of aromatic nitrogens is 5. The Labute approximate surface area is 239 Å². The van der Waals surface area contributed by atoms with Crippen molar-refractivity contribution >= 4 is 17.5 Å². The average molecular weight is 579 g/mol. The summed E-state index contributed by atoms with van der Waals surface area (Å²) in [6, 6.07) is 20.1. The normalized spacial score (nSPS) is 12.1. The lowest BCUT2D eigenvalue weighted by molar-refractivity contribution is -0.141. The summed E-state index contributed by atoms with van der Waals surface area (Å²) in [5.41, 5.74) is 8.63. The Balaban J connectivity index is 1.68. The van der Waals surface area contributed by atoms with Crippen LogP contribution in [0.2, 0.25) is 5.02 Å². The zero-order chi connectivity index (χ0) is 29.5. The third-order valence-electron chi connectivity index (χ3n) is 7.09. The molecule has 2 N–H and O–H groups in total. The maximum absolute atomic E-state index is 13.5. The zero-order valence-corrected chi connectivity index (χ0v) is 23.2. The second-order valence-corrected chi connectivity index (χ2v) is 10.7. The molecule has 2 aromatic heterocycles. The number of rotatable bonds is 7. The van der Waals surface area contributed by atoms with Gasteiger partial charge in [0, 0.05) is 17.6 Å². The van der Waals surface area contributed by atoms with E-state index in [2.05, 4.69) is 15.3 Å². The number of carbonyl (C=O) groups excluding carboxylic acids is 1. The molecule has 0 unspecified atom stereocenters. The summed E-state index contributed by atoms with van der Waals surface area (Å²) in [5.74, 6) is -0.299. The minimum atomic E-state index is -4.60. The highest BCUT2D eigenvalue weighted by Gasteiger charge is 2.35. The first-order valence-electron chi connectivity index (χ1n) is 12.7. The maximum atomic E-state index is 13.5. The topological polar surface area (TPSA) is 91.6 Å². The van der Waals surface area contributed by atoms with Gasteiger partial charge in [-0.1, -0.05) is 59.3 Å². The molecule has 3 aromatic carbocycles. The van der Waals surface area contributed by atoms with E-state index in [-0.39, 0.29) is 5.82 Å². The highest BCUT2D eigenvalue weighted by atomic mass is 35.5. The third-order valence-corrected chi connectivity index (χ3v) is 7.34. The van der Waals surface area contributed by atoms with Crippen molar-refractivity contribution in [3.8, 4) is 22.5 Å². The van der Waals surface area contributed by atoms with Gasteiger partial charge in [0.25, 0.3) is 0 Å². The molecule has 5 rings (SSSR count). The first kappa shape index (κ1) is 28.1. The molecule has 0 spiro atoms. The quantitative estimate of drug-likeness (QED) is 0.240. The van der Waals surface area contributed by atoms with Gasteiger partial charge < -0.3 is 10.3 Å². The van der Waals surface area contributed by atoms with Gasteiger partial charge in [-0.05, 0) is 67.3 Å². The Bertz CT molecular complexity index is 1740. The number of nitrogens with two attached hydrogens (primary N) is 1. The van der Waals surface area contributed by atoms with E-state index in [0.717, 1.165) is 28.5 Å². The first-order chi connectivity index (χ1) is 19.3. The number of imidazole rings is 1. The summed E-state index contributed by atoms with van der Waals surface area (Å²) < 4.78 is 43.6. The van der Waals surface area contributed by atoms with Gasteiger partial charge in [-0.3, -0.25) is 4.79 Å². The second-order valence-electron chi connectivity index (χ2n) is 10.3. The SMILES string of the molecule is Cc1nc(C(F)(F)F)cn1-c1ccc(-c2cccc(C(C)(C)C(N)=O)c2)cc1-n1nncc1Cc1ccc(Cl)cc1. The van der Waals surface area contributed by atoms with Crippen molar-refractivity contribution < 1.29 is 18.0 Å². The number of nitrogens with zero attached hydrogens (tertiary/aromatic N) is 5. The fraction of sp³-hybridized carbons (Fsp3) is 0.200. The third kappa shape index (κ3) is 5.60. The molecule has 2 heterocycles. The van der Waals surface area contributed by atoms with Gasteiger partial charge in [0.2, 0.25) is 5.91 Å². The minimum Gasteiger partial charge on any atom is -0.369 e. The van der Waals surface area contributed by atoms with Crippen LogP contribution in [0.1, 0.15) is 42.2 Å². The number of hydrogen-bond donors (Lipinski definition) is 1. The van der Waals surface area contributed by atoms with E-state index >= 15 is 0 Å². The van der Waals surface area contributed by atoms with Crippen molar-refractivity contribution in [1.82, 2.24) is 24.5 Å². The van der Waals surface area contributed by atoms with Crippen LogP contribution in [-0.2, 0) is 22.8 Å². The number of alkyl halides is 3. The van der Waals surface area contributed by atoms with Crippen molar-refractivity contribution in [3.63, 3.8) is 0 Å². The summed E-state index contributed by atoms with van der Waals surface area (Å²) in [5, 5.41) is 9.03. The fourth-order valence-electron chi connectivity index (χ4n) is 4.55. The molecule has 0 saturated heterocycles. The Morgan fingerprint density at radius 3 is 2.34 bits per heavy atom. The van der Waals surface area contributed by atoms with E-state index in [1.807, 2.05) is 42.5 Å². The van der Waals surface area contributed by atoms with Gasteiger partial charge in [-0.2, -0.15) is 13.2 Å². The molecule has 0 saturated carbocycles. The summed E-state index contributed by atoms with van der Waals surface area (Å²) in [7, 11) is 0. The van der Waals surface area contributed by atoms with E-state index < -0.39 is 23.2 Å². The molecular weight excluding hydrogens is 553 g/mol. The molecule has 11 heteroatoms. The molecule has 0 aliphatic rings. The van der Waals surface area contributed by atoms with Crippen LogP contribution in [0.3, 0.4) is 0 Å². The van der Waals surface area contributed by atoms with Crippen LogP contribution in [0.25, 0.3) is 22.5 Å². The van der Waals surface area contributed by atoms with E-state index in [0.29, 0.717) is 28.5 Å². The van der Waals surface area contributed by atoms with Crippen molar-refractivity contribution in [1.29, 1.82) is 0 Å². The smallest absolute Gasteiger partial charge is 0.369 e. The monoisotopic (exact) mass is 578 g/mol. The number of aryl methyl sites for hydroxylation is 1. The highest BCUT2D eigenvalue weighted by molar-refractivity contribution is 6.30. The van der Waals surface area contributed by atoms with Crippen molar-refractivity contribution in [2.75, 3.05) is 0 Å². The van der Waals surface area contributed by atoms with Crippen LogP contribution in [0.4, 0.5) is 13.2 Å². The number of hydrogen-bond acceptors (Lipinski definition) is 4. The molecular formula is C30H26ClF3N6O. The number of amides is 1. The summed E-state index contributed by atoms with van der Waals surface area (Å²) in [6.45, 7) is 5.02. The molecule has 5 aromatic rings.